The first-order chi connectivity index (χ1) is 20.0. The van der Waals surface area contributed by atoms with Crippen LogP contribution >= 0.6 is 0 Å². The number of nitrogens with zero attached hydrogens (tertiary/aromatic N) is 4. The van der Waals surface area contributed by atoms with Gasteiger partial charge in [-0.25, -0.2) is 9.59 Å². The number of hydrogen-bond donors (Lipinski definition) is 1. The summed E-state index contributed by atoms with van der Waals surface area (Å²) < 4.78 is 19.2. The Labute approximate surface area is 249 Å². The number of hydrogen-bond acceptors (Lipinski definition) is 8. The molecule has 0 saturated carbocycles. The number of likely N-dealkylation sites (tertiary alicyclic amines) is 1. The summed E-state index contributed by atoms with van der Waals surface area (Å²) in [7, 11) is 3.81. The number of piperidine rings is 1. The number of pyridine rings is 1. The van der Waals surface area contributed by atoms with Crippen molar-refractivity contribution in [3.05, 3.63) is 41.1 Å². The Morgan fingerprint density at radius 3 is 2.55 bits per heavy atom. The molecule has 1 N–H and O–H groups in total. The number of anilines is 1. The summed E-state index contributed by atoms with van der Waals surface area (Å²) in [6.45, 7) is 11.7. The van der Waals surface area contributed by atoms with E-state index in [1.165, 1.54) is 0 Å². The van der Waals surface area contributed by atoms with E-state index in [1.807, 2.05) is 46.8 Å². The molecule has 2 fully saturated rings. The minimum atomic E-state index is -0.526. The zero-order chi connectivity index (χ0) is 30.4. The van der Waals surface area contributed by atoms with Crippen LogP contribution in [-0.2, 0) is 14.2 Å². The third-order valence-corrected chi connectivity index (χ3v) is 7.84. The molecule has 0 aliphatic carbocycles. The molecule has 4 rings (SSSR count). The summed E-state index contributed by atoms with van der Waals surface area (Å²) in [5, 5.41) is 3.57. The number of fused-ring (bicyclic) bond motifs is 1. The Morgan fingerprint density at radius 2 is 1.93 bits per heavy atom. The van der Waals surface area contributed by atoms with E-state index in [-0.39, 0.29) is 24.3 Å². The molecule has 42 heavy (non-hydrogen) atoms. The summed E-state index contributed by atoms with van der Waals surface area (Å²) in [6.07, 6.45) is 10.1. The number of aliphatic imine (C=N–C) groups is 1. The van der Waals surface area contributed by atoms with Gasteiger partial charge in [-0.15, -0.1) is 0 Å². The molecule has 2 aliphatic rings. The van der Waals surface area contributed by atoms with Crippen LogP contribution in [0.2, 0.25) is 0 Å². The van der Waals surface area contributed by atoms with Crippen molar-refractivity contribution in [1.82, 2.24) is 14.6 Å². The van der Waals surface area contributed by atoms with Crippen LogP contribution in [-0.4, -0.2) is 85.8 Å². The van der Waals surface area contributed by atoms with Crippen LogP contribution in [0.25, 0.3) is 11.2 Å². The molecule has 230 valence electrons. The summed E-state index contributed by atoms with van der Waals surface area (Å²) in [5.41, 5.74) is 3.58. The number of esters is 1. The first kappa shape index (κ1) is 31.4. The Morgan fingerprint density at radius 1 is 1.19 bits per heavy atom. The van der Waals surface area contributed by atoms with E-state index < -0.39 is 5.60 Å². The number of aromatic nitrogens is 1. The molecule has 0 spiro atoms. The second kappa shape index (κ2) is 13.6. The molecule has 1 atom stereocenters. The molecule has 10 heteroatoms. The lowest BCUT2D eigenvalue weighted by Crippen LogP contribution is -2.47. The number of nitrogens with one attached hydrogen (secondary N) is 1. The molecular formula is C32H47N5O5. The zero-order valence-electron chi connectivity index (χ0n) is 26.2. The molecule has 2 aromatic rings. The van der Waals surface area contributed by atoms with Crippen LogP contribution < -0.4 is 10.2 Å². The maximum absolute atomic E-state index is 13.2. The quantitative estimate of drug-likeness (QED) is 0.329. The van der Waals surface area contributed by atoms with Gasteiger partial charge in [0.25, 0.3) is 0 Å². The third kappa shape index (κ3) is 7.27. The molecule has 2 aliphatic heterocycles. The highest BCUT2D eigenvalue weighted by atomic mass is 16.6. The Hall–Kier alpha value is -3.53. The molecular weight excluding hydrogens is 534 g/mol. The van der Waals surface area contributed by atoms with E-state index in [1.54, 1.807) is 18.2 Å². The lowest BCUT2D eigenvalue weighted by molar-refractivity contribution is 0.00534. The fourth-order valence-corrected chi connectivity index (χ4v) is 5.73. The minimum absolute atomic E-state index is 0.0857. The molecule has 10 nitrogen and oxygen atoms in total. The third-order valence-electron chi connectivity index (χ3n) is 7.84. The molecule has 4 heterocycles. The first-order valence-electron chi connectivity index (χ1n) is 15.1. The van der Waals surface area contributed by atoms with Crippen LogP contribution in [0.3, 0.4) is 0 Å². The second-order valence-electron chi connectivity index (χ2n) is 12.0. The van der Waals surface area contributed by atoms with Gasteiger partial charge in [0, 0.05) is 69.1 Å². The van der Waals surface area contributed by atoms with Gasteiger partial charge in [-0.3, -0.25) is 4.99 Å². The van der Waals surface area contributed by atoms with Crippen molar-refractivity contribution in [1.29, 1.82) is 0 Å². The van der Waals surface area contributed by atoms with Crippen LogP contribution in [0.15, 0.2) is 29.4 Å². The predicted molar refractivity (Wildman–Crippen MR) is 166 cm³/mol. The fraction of sp³-hybridized carbons (Fsp3) is 0.594. The number of ether oxygens (including phenoxy) is 3. The van der Waals surface area contributed by atoms with Crippen LogP contribution in [0.1, 0.15) is 81.3 Å². The van der Waals surface area contributed by atoms with Gasteiger partial charge in [-0.05, 0) is 84.9 Å². The Balaban J connectivity index is 1.70. The van der Waals surface area contributed by atoms with Gasteiger partial charge in [0.05, 0.1) is 17.7 Å². The van der Waals surface area contributed by atoms with Gasteiger partial charge in [-0.2, -0.15) is 0 Å². The van der Waals surface area contributed by atoms with E-state index in [9.17, 15) is 9.59 Å². The zero-order valence-corrected chi connectivity index (χ0v) is 26.2. The molecule has 0 bridgehead atoms. The highest BCUT2D eigenvalue weighted by Gasteiger charge is 2.31. The van der Waals surface area contributed by atoms with E-state index in [2.05, 4.69) is 38.9 Å². The number of amides is 1. The van der Waals surface area contributed by atoms with E-state index in [4.69, 9.17) is 14.2 Å². The Kier molecular flexibility index (Phi) is 10.2. The molecule has 1 amide bonds. The first-order valence-corrected chi connectivity index (χ1v) is 15.1. The van der Waals surface area contributed by atoms with Gasteiger partial charge >= 0.3 is 12.1 Å². The van der Waals surface area contributed by atoms with Crippen molar-refractivity contribution in [2.75, 3.05) is 45.3 Å². The van der Waals surface area contributed by atoms with E-state index in [0.29, 0.717) is 25.3 Å². The normalized spacial score (nSPS) is 18.9. The summed E-state index contributed by atoms with van der Waals surface area (Å²) in [6, 6.07) is 4.16. The lowest BCUT2D eigenvalue weighted by Gasteiger charge is -2.39. The SMILES string of the molecule is CCOC(=O)c1cc2c(/C(=C/C=NC)NC3CCCCO3)ccn2c(N(C)C2CCN(C(=O)OC(C)(C)C)CC2)c1C. The van der Waals surface area contributed by atoms with Crippen LogP contribution in [0.4, 0.5) is 10.6 Å². The number of carbonyl (C=O) groups excluding carboxylic acids is 2. The highest BCUT2D eigenvalue weighted by Crippen LogP contribution is 2.34. The monoisotopic (exact) mass is 581 g/mol. The summed E-state index contributed by atoms with van der Waals surface area (Å²) >= 11 is 0. The van der Waals surface area contributed by atoms with Crippen molar-refractivity contribution < 1.29 is 23.8 Å². The van der Waals surface area contributed by atoms with Gasteiger partial charge in [0.1, 0.15) is 17.6 Å². The van der Waals surface area contributed by atoms with Crippen molar-refractivity contribution >= 4 is 35.3 Å². The highest BCUT2D eigenvalue weighted by molar-refractivity contribution is 5.97. The molecule has 0 radical (unpaired) electrons. The fourth-order valence-electron chi connectivity index (χ4n) is 5.73. The second-order valence-corrected chi connectivity index (χ2v) is 12.0. The molecule has 1 unspecified atom stereocenters. The maximum Gasteiger partial charge on any atom is 0.410 e. The Bertz CT molecular complexity index is 1310. The van der Waals surface area contributed by atoms with Crippen LogP contribution in [0, 0.1) is 6.92 Å². The number of rotatable bonds is 8. The summed E-state index contributed by atoms with van der Waals surface area (Å²) in [5.74, 6) is 0.582. The van der Waals surface area contributed by atoms with Gasteiger partial charge in [0.2, 0.25) is 0 Å². The lowest BCUT2D eigenvalue weighted by atomic mass is 10.0. The molecule has 2 saturated heterocycles. The van der Waals surface area contributed by atoms with Crippen molar-refractivity contribution in [3.63, 3.8) is 0 Å². The van der Waals surface area contributed by atoms with Crippen molar-refractivity contribution in [2.45, 2.75) is 84.6 Å². The average Bonchev–Trinajstić information content (AvgIpc) is 3.37. The predicted octanol–water partition coefficient (Wildman–Crippen LogP) is 5.42. The topological polar surface area (TPSA) is 97.1 Å². The molecule has 2 aromatic heterocycles. The van der Waals surface area contributed by atoms with Gasteiger partial charge in [-0.1, -0.05) is 0 Å². The average molecular weight is 582 g/mol. The van der Waals surface area contributed by atoms with Gasteiger partial charge in [0.15, 0.2) is 0 Å². The van der Waals surface area contributed by atoms with Crippen LogP contribution in [0.5, 0.6) is 0 Å². The van der Waals surface area contributed by atoms with Crippen molar-refractivity contribution in [3.8, 4) is 0 Å². The summed E-state index contributed by atoms with van der Waals surface area (Å²) in [4.78, 5) is 34.1. The standard InChI is InChI=1S/C32H47N5O5/c1-8-40-30(38)25-21-27-24(26(12-16-33-6)34-28-11-9-10-20-41-28)15-19-37(27)29(22(25)2)35(7)23-13-17-36(18-14-23)31(39)42-32(3,4)5/h12,15-16,19,21,23,28,34H,8-11,13-14,17-18,20H2,1-7H3/b26-12-,33-16?. The number of carbonyl (C=O) groups is 2. The van der Waals surface area contributed by atoms with E-state index >= 15 is 0 Å². The van der Waals surface area contributed by atoms with Gasteiger partial charge < -0.3 is 33.7 Å². The molecule has 0 aromatic carbocycles. The maximum atomic E-state index is 13.2. The number of allylic oxidation sites excluding steroid dienone is 1. The smallest absolute Gasteiger partial charge is 0.410 e. The largest absolute Gasteiger partial charge is 0.462 e. The van der Waals surface area contributed by atoms with Crippen molar-refractivity contribution in [2.24, 2.45) is 4.99 Å². The minimum Gasteiger partial charge on any atom is -0.462 e. The van der Waals surface area contributed by atoms with E-state index in [0.717, 1.165) is 66.9 Å².